The number of rotatable bonds is 4. The summed E-state index contributed by atoms with van der Waals surface area (Å²) in [4.78, 5) is 29.0. The Morgan fingerprint density at radius 3 is 2.41 bits per heavy atom. The number of fused-ring (bicyclic) bond motifs is 1. The Morgan fingerprint density at radius 2 is 1.78 bits per heavy atom. The Labute approximate surface area is 151 Å². The van der Waals surface area contributed by atoms with E-state index in [2.05, 4.69) is 15.8 Å². The van der Waals surface area contributed by atoms with Crippen LogP contribution in [0.1, 0.15) is 22.8 Å². The molecule has 1 aromatic heterocycles. The summed E-state index contributed by atoms with van der Waals surface area (Å²) < 4.78 is 39.1. The molecule has 0 unspecified atom stereocenters. The number of anilines is 1. The fraction of sp³-hybridized carbons (Fsp3) is 0.167. The predicted molar refractivity (Wildman–Crippen MR) is 94.2 cm³/mol. The molecule has 0 saturated heterocycles. The average molecular weight is 376 g/mol. The van der Waals surface area contributed by atoms with Gasteiger partial charge in [0.2, 0.25) is 5.95 Å². The number of hydrogen-bond acceptors (Lipinski definition) is 4. The van der Waals surface area contributed by atoms with Crippen LogP contribution in [-0.2, 0) is 12.7 Å². The molecule has 3 rings (SSSR count). The van der Waals surface area contributed by atoms with E-state index in [1.54, 1.807) is 31.2 Å². The molecule has 6 nitrogen and oxygen atoms in total. The number of hydrazine groups is 1. The summed E-state index contributed by atoms with van der Waals surface area (Å²) in [6.45, 7) is 2.07. The standard InChI is InChI=1S/C18H15F3N4O2/c1-2-25-16(27)13-5-3-4-6-14(13)22-17(25)24-23-15(26)11-7-9-12(10-8-11)18(19,20)21/h3-10H,2H2,1H3,(H,22,24)(H,23,26). The van der Waals surface area contributed by atoms with Gasteiger partial charge in [-0.1, -0.05) is 12.1 Å². The first kappa shape index (κ1) is 18.4. The Hall–Kier alpha value is -3.36. The third-order valence-electron chi connectivity index (χ3n) is 3.94. The molecule has 0 aliphatic heterocycles. The number of amides is 1. The molecule has 0 spiro atoms. The monoisotopic (exact) mass is 376 g/mol. The third kappa shape index (κ3) is 3.76. The quantitative estimate of drug-likeness (QED) is 0.686. The van der Waals surface area contributed by atoms with Crippen LogP contribution in [0.25, 0.3) is 10.9 Å². The van der Waals surface area contributed by atoms with Crippen LogP contribution in [0, 0.1) is 0 Å². The van der Waals surface area contributed by atoms with Gasteiger partial charge in [0.25, 0.3) is 11.5 Å². The van der Waals surface area contributed by atoms with Gasteiger partial charge in [-0.05, 0) is 43.3 Å². The van der Waals surface area contributed by atoms with Gasteiger partial charge in [0, 0.05) is 12.1 Å². The van der Waals surface area contributed by atoms with E-state index in [9.17, 15) is 22.8 Å². The van der Waals surface area contributed by atoms with E-state index in [0.29, 0.717) is 17.4 Å². The van der Waals surface area contributed by atoms with E-state index in [4.69, 9.17) is 0 Å². The molecule has 0 bridgehead atoms. The lowest BCUT2D eigenvalue weighted by atomic mass is 10.1. The number of carbonyl (C=O) groups excluding carboxylic acids is 1. The molecule has 0 atom stereocenters. The largest absolute Gasteiger partial charge is 0.416 e. The van der Waals surface area contributed by atoms with E-state index >= 15 is 0 Å². The van der Waals surface area contributed by atoms with Crippen molar-refractivity contribution in [2.45, 2.75) is 19.6 Å². The fourth-order valence-electron chi connectivity index (χ4n) is 2.55. The van der Waals surface area contributed by atoms with Crippen molar-refractivity contribution in [3.05, 3.63) is 70.0 Å². The van der Waals surface area contributed by atoms with Gasteiger partial charge in [0.1, 0.15) is 0 Å². The number of benzene rings is 2. The van der Waals surface area contributed by atoms with Crippen molar-refractivity contribution >= 4 is 22.8 Å². The van der Waals surface area contributed by atoms with Crippen LogP contribution >= 0.6 is 0 Å². The second kappa shape index (κ2) is 7.10. The van der Waals surface area contributed by atoms with Gasteiger partial charge in [-0.25, -0.2) is 4.98 Å². The minimum absolute atomic E-state index is 0.0293. The zero-order valence-electron chi connectivity index (χ0n) is 14.2. The molecule has 0 radical (unpaired) electrons. The highest BCUT2D eigenvalue weighted by molar-refractivity contribution is 5.94. The normalized spacial score (nSPS) is 11.4. The molecule has 0 fully saturated rings. The lowest BCUT2D eigenvalue weighted by Gasteiger charge is -2.14. The summed E-state index contributed by atoms with van der Waals surface area (Å²) in [5.41, 5.74) is 4.29. The Morgan fingerprint density at radius 1 is 1.11 bits per heavy atom. The highest BCUT2D eigenvalue weighted by Gasteiger charge is 2.30. The molecule has 3 aromatic rings. The molecule has 0 aliphatic carbocycles. The summed E-state index contributed by atoms with van der Waals surface area (Å²) in [6, 6.07) is 10.6. The maximum atomic E-state index is 12.6. The number of carbonyl (C=O) groups is 1. The first-order chi connectivity index (χ1) is 12.8. The van der Waals surface area contributed by atoms with Crippen molar-refractivity contribution in [1.29, 1.82) is 0 Å². The zero-order chi connectivity index (χ0) is 19.6. The first-order valence-electron chi connectivity index (χ1n) is 8.04. The van der Waals surface area contributed by atoms with E-state index in [0.717, 1.165) is 24.3 Å². The molecule has 140 valence electrons. The van der Waals surface area contributed by atoms with Crippen molar-refractivity contribution in [2.24, 2.45) is 0 Å². The van der Waals surface area contributed by atoms with Crippen molar-refractivity contribution in [2.75, 3.05) is 5.43 Å². The molecule has 9 heteroatoms. The van der Waals surface area contributed by atoms with Gasteiger partial charge in [-0.2, -0.15) is 13.2 Å². The summed E-state index contributed by atoms with van der Waals surface area (Å²) in [5, 5.41) is 0.443. The van der Waals surface area contributed by atoms with Crippen LogP contribution in [0.3, 0.4) is 0 Å². The number of aromatic nitrogens is 2. The number of halogens is 3. The maximum Gasteiger partial charge on any atom is 0.416 e. The van der Waals surface area contributed by atoms with Crippen molar-refractivity contribution in [3.8, 4) is 0 Å². The Bertz CT molecular complexity index is 1040. The number of nitrogens with zero attached hydrogens (tertiary/aromatic N) is 2. The predicted octanol–water partition coefficient (Wildman–Crippen LogP) is 3.19. The molecule has 1 amide bonds. The van der Waals surface area contributed by atoms with Gasteiger partial charge in [-0.3, -0.25) is 25.0 Å². The summed E-state index contributed by atoms with van der Waals surface area (Å²) >= 11 is 0. The van der Waals surface area contributed by atoms with Gasteiger partial charge in [-0.15, -0.1) is 0 Å². The van der Waals surface area contributed by atoms with Crippen molar-refractivity contribution in [1.82, 2.24) is 15.0 Å². The zero-order valence-corrected chi connectivity index (χ0v) is 14.2. The highest BCUT2D eigenvalue weighted by Crippen LogP contribution is 2.29. The minimum Gasteiger partial charge on any atom is -0.277 e. The third-order valence-corrected chi connectivity index (χ3v) is 3.94. The van der Waals surface area contributed by atoms with Crippen molar-refractivity contribution < 1.29 is 18.0 Å². The number of para-hydroxylation sites is 1. The fourth-order valence-corrected chi connectivity index (χ4v) is 2.55. The smallest absolute Gasteiger partial charge is 0.277 e. The van der Waals surface area contributed by atoms with Gasteiger partial charge >= 0.3 is 6.18 Å². The number of alkyl halides is 3. The van der Waals surface area contributed by atoms with Crippen LogP contribution in [0.4, 0.5) is 19.1 Å². The van der Waals surface area contributed by atoms with Crippen LogP contribution in [0.2, 0.25) is 0 Å². The second-order valence-electron chi connectivity index (χ2n) is 5.66. The van der Waals surface area contributed by atoms with Crippen LogP contribution < -0.4 is 16.4 Å². The molecule has 2 N–H and O–H groups in total. The highest BCUT2D eigenvalue weighted by atomic mass is 19.4. The van der Waals surface area contributed by atoms with Gasteiger partial charge < -0.3 is 0 Å². The maximum absolute atomic E-state index is 12.6. The number of nitrogens with one attached hydrogen (secondary N) is 2. The van der Waals surface area contributed by atoms with E-state index < -0.39 is 17.6 Å². The van der Waals surface area contributed by atoms with Crippen LogP contribution in [-0.4, -0.2) is 15.5 Å². The van der Waals surface area contributed by atoms with E-state index in [1.807, 2.05) is 0 Å². The lowest BCUT2D eigenvalue weighted by molar-refractivity contribution is -0.137. The molecule has 0 aliphatic rings. The molecule has 0 saturated carbocycles. The minimum atomic E-state index is -4.47. The van der Waals surface area contributed by atoms with Crippen molar-refractivity contribution in [3.63, 3.8) is 0 Å². The summed E-state index contributed by atoms with van der Waals surface area (Å²) in [5.74, 6) is -0.532. The Kier molecular flexibility index (Phi) is 4.85. The molecule has 2 aromatic carbocycles. The molecular formula is C18H15F3N4O2. The lowest BCUT2D eigenvalue weighted by Crippen LogP contribution is -2.34. The van der Waals surface area contributed by atoms with E-state index in [-0.39, 0.29) is 17.1 Å². The first-order valence-corrected chi connectivity index (χ1v) is 8.04. The molecule has 27 heavy (non-hydrogen) atoms. The summed E-state index contributed by atoms with van der Waals surface area (Å²) in [7, 11) is 0. The van der Waals surface area contributed by atoms with Gasteiger partial charge in [0.05, 0.1) is 16.5 Å². The summed E-state index contributed by atoms with van der Waals surface area (Å²) in [6.07, 6.45) is -4.47. The topological polar surface area (TPSA) is 76.0 Å². The second-order valence-corrected chi connectivity index (χ2v) is 5.66. The van der Waals surface area contributed by atoms with Crippen LogP contribution in [0.15, 0.2) is 53.3 Å². The van der Waals surface area contributed by atoms with Gasteiger partial charge in [0.15, 0.2) is 0 Å². The molecule has 1 heterocycles. The SMILES string of the molecule is CCn1c(NNC(=O)c2ccc(C(F)(F)F)cc2)nc2ccccc2c1=O. The van der Waals surface area contributed by atoms with Crippen LogP contribution in [0.5, 0.6) is 0 Å². The number of hydrogen-bond donors (Lipinski definition) is 2. The Balaban J connectivity index is 1.82. The average Bonchev–Trinajstić information content (AvgIpc) is 2.65. The molecular weight excluding hydrogens is 361 g/mol. The van der Waals surface area contributed by atoms with E-state index in [1.165, 1.54) is 4.57 Å².